The Balaban J connectivity index is 2.12. The highest BCUT2D eigenvalue weighted by molar-refractivity contribution is 5.19. The van der Waals surface area contributed by atoms with Crippen molar-refractivity contribution in [1.82, 2.24) is 5.32 Å². The molecule has 1 atom stereocenters. The molecule has 18 heavy (non-hydrogen) atoms. The van der Waals surface area contributed by atoms with Crippen molar-refractivity contribution in [2.75, 3.05) is 7.05 Å². The van der Waals surface area contributed by atoms with Gasteiger partial charge in [-0.3, -0.25) is 0 Å². The van der Waals surface area contributed by atoms with Gasteiger partial charge in [-0.15, -0.1) is 0 Å². The summed E-state index contributed by atoms with van der Waals surface area (Å²) < 4.78 is 26.1. The molecule has 0 aromatic heterocycles. The van der Waals surface area contributed by atoms with E-state index in [1.54, 1.807) is 6.07 Å². The van der Waals surface area contributed by atoms with Gasteiger partial charge in [0, 0.05) is 6.04 Å². The monoisotopic (exact) mass is 253 g/mol. The van der Waals surface area contributed by atoms with Gasteiger partial charge in [-0.2, -0.15) is 0 Å². The highest BCUT2D eigenvalue weighted by Gasteiger charge is 2.36. The highest BCUT2D eigenvalue weighted by Crippen LogP contribution is 2.41. The van der Waals surface area contributed by atoms with Crippen LogP contribution in [0.15, 0.2) is 18.2 Å². The SMILES string of the molecule is CNC(Cc1ccc(F)c(F)c1)C1(C)CCCC1. The van der Waals surface area contributed by atoms with Crippen LogP contribution < -0.4 is 5.32 Å². The molecule has 0 spiro atoms. The average molecular weight is 253 g/mol. The second kappa shape index (κ2) is 5.35. The molecule has 0 saturated heterocycles. The molecule has 1 saturated carbocycles. The molecule has 2 rings (SSSR count). The minimum absolute atomic E-state index is 0.277. The summed E-state index contributed by atoms with van der Waals surface area (Å²) in [5.74, 6) is -1.52. The molecule has 3 heteroatoms. The topological polar surface area (TPSA) is 12.0 Å². The van der Waals surface area contributed by atoms with E-state index in [1.807, 2.05) is 7.05 Å². The summed E-state index contributed by atoms with van der Waals surface area (Å²) in [6, 6.07) is 4.54. The Morgan fingerprint density at radius 2 is 1.89 bits per heavy atom. The third kappa shape index (κ3) is 2.72. The van der Waals surface area contributed by atoms with Gasteiger partial charge in [0.25, 0.3) is 0 Å². The van der Waals surface area contributed by atoms with Crippen LogP contribution in [0.3, 0.4) is 0 Å². The predicted molar refractivity (Wildman–Crippen MR) is 69.5 cm³/mol. The quantitative estimate of drug-likeness (QED) is 0.863. The average Bonchev–Trinajstić information content (AvgIpc) is 2.78. The lowest BCUT2D eigenvalue weighted by Gasteiger charge is -2.34. The van der Waals surface area contributed by atoms with Gasteiger partial charge < -0.3 is 5.32 Å². The van der Waals surface area contributed by atoms with Crippen molar-refractivity contribution < 1.29 is 8.78 Å². The predicted octanol–water partition coefficient (Wildman–Crippen LogP) is 3.68. The number of rotatable bonds is 4. The van der Waals surface area contributed by atoms with Crippen LogP contribution in [-0.2, 0) is 6.42 Å². The zero-order valence-corrected chi connectivity index (χ0v) is 11.1. The molecular formula is C15H21F2N. The van der Waals surface area contributed by atoms with E-state index < -0.39 is 11.6 Å². The Hall–Kier alpha value is -0.960. The first-order valence-corrected chi connectivity index (χ1v) is 6.66. The van der Waals surface area contributed by atoms with Crippen LogP contribution in [0.1, 0.15) is 38.2 Å². The lowest BCUT2D eigenvalue weighted by molar-refractivity contribution is 0.229. The second-order valence-corrected chi connectivity index (χ2v) is 5.65. The van der Waals surface area contributed by atoms with Crippen LogP contribution in [-0.4, -0.2) is 13.1 Å². The van der Waals surface area contributed by atoms with Crippen molar-refractivity contribution >= 4 is 0 Å². The molecule has 1 unspecified atom stereocenters. The van der Waals surface area contributed by atoms with Gasteiger partial charge in [-0.25, -0.2) is 8.78 Å². The molecule has 1 N–H and O–H groups in total. The van der Waals surface area contributed by atoms with Crippen molar-refractivity contribution in [3.63, 3.8) is 0 Å². The summed E-state index contributed by atoms with van der Waals surface area (Å²) in [5.41, 5.74) is 1.14. The van der Waals surface area contributed by atoms with Crippen molar-refractivity contribution in [2.24, 2.45) is 5.41 Å². The summed E-state index contributed by atoms with van der Waals surface area (Å²) in [7, 11) is 1.95. The number of halogens is 2. The van der Waals surface area contributed by atoms with Crippen LogP contribution in [0.5, 0.6) is 0 Å². The van der Waals surface area contributed by atoms with Gasteiger partial charge in [0.2, 0.25) is 0 Å². The lowest BCUT2D eigenvalue weighted by atomic mass is 9.78. The molecule has 0 radical (unpaired) electrons. The maximum absolute atomic E-state index is 13.2. The number of nitrogens with one attached hydrogen (secondary N) is 1. The molecule has 0 amide bonds. The summed E-state index contributed by atoms with van der Waals surface area (Å²) >= 11 is 0. The van der Waals surface area contributed by atoms with Crippen LogP contribution >= 0.6 is 0 Å². The fourth-order valence-electron chi connectivity index (χ4n) is 3.13. The molecule has 0 aliphatic heterocycles. The summed E-state index contributed by atoms with van der Waals surface area (Å²) in [6.45, 7) is 2.29. The van der Waals surface area contributed by atoms with Crippen molar-refractivity contribution in [1.29, 1.82) is 0 Å². The minimum Gasteiger partial charge on any atom is -0.316 e. The van der Waals surface area contributed by atoms with Crippen molar-refractivity contribution in [3.8, 4) is 0 Å². The van der Waals surface area contributed by atoms with Gasteiger partial charge >= 0.3 is 0 Å². The molecule has 0 heterocycles. The van der Waals surface area contributed by atoms with Gasteiger partial charge in [-0.05, 0) is 49.4 Å². The third-order valence-corrected chi connectivity index (χ3v) is 4.36. The first-order chi connectivity index (χ1) is 8.55. The van der Waals surface area contributed by atoms with Gasteiger partial charge in [0.1, 0.15) is 0 Å². The van der Waals surface area contributed by atoms with E-state index >= 15 is 0 Å². The fraction of sp³-hybridized carbons (Fsp3) is 0.600. The lowest BCUT2D eigenvalue weighted by Crippen LogP contribution is -2.41. The Bertz CT molecular complexity index is 411. The van der Waals surface area contributed by atoms with E-state index in [-0.39, 0.29) is 5.41 Å². The van der Waals surface area contributed by atoms with Crippen molar-refractivity contribution in [2.45, 2.75) is 45.1 Å². The van der Waals surface area contributed by atoms with E-state index in [2.05, 4.69) is 12.2 Å². The summed E-state index contributed by atoms with van der Waals surface area (Å²) in [5, 5.41) is 3.35. The van der Waals surface area contributed by atoms with Crippen LogP contribution in [0.25, 0.3) is 0 Å². The zero-order chi connectivity index (χ0) is 13.2. The molecule has 1 aromatic carbocycles. The molecule has 1 fully saturated rings. The minimum atomic E-state index is -0.771. The molecule has 100 valence electrons. The smallest absolute Gasteiger partial charge is 0.159 e. The van der Waals surface area contributed by atoms with E-state index in [0.29, 0.717) is 6.04 Å². The first kappa shape index (κ1) is 13.5. The van der Waals surface area contributed by atoms with E-state index in [1.165, 1.54) is 37.8 Å². The Kier molecular flexibility index (Phi) is 4.00. The standard InChI is InChI=1S/C15H21F2N/c1-15(7-3-4-8-15)14(18-2)10-11-5-6-12(16)13(17)9-11/h5-6,9,14,18H,3-4,7-8,10H2,1-2H3. The van der Waals surface area contributed by atoms with E-state index in [9.17, 15) is 8.78 Å². The van der Waals surface area contributed by atoms with E-state index in [4.69, 9.17) is 0 Å². The fourth-order valence-corrected chi connectivity index (χ4v) is 3.13. The Labute approximate surface area is 108 Å². The second-order valence-electron chi connectivity index (χ2n) is 5.65. The molecule has 1 aliphatic rings. The number of likely N-dealkylation sites (N-methyl/N-ethyl adjacent to an activating group) is 1. The van der Waals surface area contributed by atoms with Crippen LogP contribution in [0, 0.1) is 17.0 Å². The van der Waals surface area contributed by atoms with E-state index in [0.717, 1.165) is 12.0 Å². The molecular weight excluding hydrogens is 232 g/mol. The third-order valence-electron chi connectivity index (χ3n) is 4.36. The highest BCUT2D eigenvalue weighted by atomic mass is 19.2. The molecule has 1 aliphatic carbocycles. The summed E-state index contributed by atoms with van der Waals surface area (Å²) in [6.07, 6.45) is 5.72. The number of hydrogen-bond acceptors (Lipinski definition) is 1. The van der Waals surface area contributed by atoms with Gasteiger partial charge in [0.05, 0.1) is 0 Å². The summed E-state index contributed by atoms with van der Waals surface area (Å²) in [4.78, 5) is 0. The molecule has 1 aromatic rings. The van der Waals surface area contributed by atoms with Crippen LogP contribution in [0.2, 0.25) is 0 Å². The normalized spacial score (nSPS) is 20.0. The zero-order valence-electron chi connectivity index (χ0n) is 11.1. The maximum Gasteiger partial charge on any atom is 0.159 e. The number of hydrogen-bond donors (Lipinski definition) is 1. The molecule has 1 nitrogen and oxygen atoms in total. The Morgan fingerprint density at radius 3 is 2.44 bits per heavy atom. The van der Waals surface area contributed by atoms with Crippen LogP contribution in [0.4, 0.5) is 8.78 Å². The molecule has 0 bridgehead atoms. The first-order valence-electron chi connectivity index (χ1n) is 6.66. The number of benzene rings is 1. The Morgan fingerprint density at radius 1 is 1.22 bits per heavy atom. The van der Waals surface area contributed by atoms with Crippen molar-refractivity contribution in [3.05, 3.63) is 35.4 Å². The van der Waals surface area contributed by atoms with Gasteiger partial charge in [0.15, 0.2) is 11.6 Å². The van der Waals surface area contributed by atoms with Gasteiger partial charge in [-0.1, -0.05) is 25.8 Å². The largest absolute Gasteiger partial charge is 0.316 e. The maximum atomic E-state index is 13.2.